The summed E-state index contributed by atoms with van der Waals surface area (Å²) >= 11 is 0. The summed E-state index contributed by atoms with van der Waals surface area (Å²) < 4.78 is 12.7. The van der Waals surface area contributed by atoms with Crippen molar-refractivity contribution in [3.63, 3.8) is 0 Å². The van der Waals surface area contributed by atoms with Crippen LogP contribution in [0.25, 0.3) is 11.6 Å². The molecule has 1 amide bonds. The van der Waals surface area contributed by atoms with Crippen LogP contribution in [0.1, 0.15) is 32.1 Å². The first-order valence-corrected chi connectivity index (χ1v) is 9.39. The van der Waals surface area contributed by atoms with E-state index in [1.807, 2.05) is 42.2 Å². The molecular formula is C19H22N6O3. The Morgan fingerprint density at radius 2 is 2.18 bits per heavy atom. The van der Waals surface area contributed by atoms with Crippen LogP contribution in [0.4, 0.5) is 0 Å². The van der Waals surface area contributed by atoms with Crippen LogP contribution >= 0.6 is 0 Å². The molecule has 28 heavy (non-hydrogen) atoms. The molecule has 3 aromatic rings. The number of carbonyl (C=O) groups excluding carboxylic acids is 1. The Bertz CT molecular complexity index is 938. The first-order chi connectivity index (χ1) is 13.6. The van der Waals surface area contributed by atoms with Gasteiger partial charge in [-0.3, -0.25) is 4.79 Å². The molecular weight excluding hydrogens is 360 g/mol. The Kier molecular flexibility index (Phi) is 5.05. The van der Waals surface area contributed by atoms with E-state index in [0.717, 1.165) is 6.42 Å². The predicted octanol–water partition coefficient (Wildman–Crippen LogP) is 2.13. The van der Waals surface area contributed by atoms with Crippen molar-refractivity contribution < 1.29 is 14.1 Å². The Labute approximate surface area is 162 Å². The average molecular weight is 382 g/mol. The molecule has 1 aliphatic heterocycles. The number of hydrogen-bond acceptors (Lipinski definition) is 7. The van der Waals surface area contributed by atoms with Crippen molar-refractivity contribution in [1.29, 1.82) is 0 Å². The number of aromatic nitrogens is 5. The lowest BCUT2D eigenvalue weighted by molar-refractivity contribution is -0.136. The van der Waals surface area contributed by atoms with Gasteiger partial charge in [0.2, 0.25) is 0 Å². The minimum absolute atomic E-state index is 0.0313. The molecule has 1 fully saturated rings. The Hall–Kier alpha value is -3.23. The van der Waals surface area contributed by atoms with Gasteiger partial charge < -0.3 is 14.2 Å². The van der Waals surface area contributed by atoms with Gasteiger partial charge in [0.25, 0.3) is 11.8 Å². The van der Waals surface area contributed by atoms with E-state index in [0.29, 0.717) is 42.7 Å². The van der Waals surface area contributed by atoms with Gasteiger partial charge in [-0.15, -0.1) is 5.10 Å². The van der Waals surface area contributed by atoms with Gasteiger partial charge in [0.05, 0.1) is 12.2 Å². The van der Waals surface area contributed by atoms with Crippen molar-refractivity contribution >= 4 is 5.91 Å². The van der Waals surface area contributed by atoms with Gasteiger partial charge in [0.15, 0.2) is 17.6 Å². The molecule has 0 spiro atoms. The fourth-order valence-electron chi connectivity index (χ4n) is 3.22. The van der Waals surface area contributed by atoms with Crippen molar-refractivity contribution in [2.24, 2.45) is 0 Å². The van der Waals surface area contributed by atoms with Crippen LogP contribution in [0, 0.1) is 0 Å². The van der Waals surface area contributed by atoms with E-state index >= 15 is 0 Å². The Morgan fingerprint density at radius 1 is 1.36 bits per heavy atom. The predicted molar refractivity (Wildman–Crippen MR) is 99.5 cm³/mol. The molecule has 9 nitrogen and oxygen atoms in total. The lowest BCUT2D eigenvalue weighted by atomic mass is 10.3. The monoisotopic (exact) mass is 382 g/mol. The van der Waals surface area contributed by atoms with Crippen LogP contribution in [-0.4, -0.2) is 55.1 Å². The molecule has 0 aliphatic carbocycles. The van der Waals surface area contributed by atoms with Crippen molar-refractivity contribution in [1.82, 2.24) is 30.0 Å². The summed E-state index contributed by atoms with van der Waals surface area (Å²) in [5.41, 5.74) is 0.540. The standard InChI is InChI=1S/C19H22N6O3/c1-3-17-20-18(28-22-17)16-12-25(23-21-16)14-9-10-24(11-14)19(26)13(2)27-15-7-5-4-6-8-15/h4-8,12-14H,3,9-11H2,1-2H3/t13-,14-/m1/s1. The summed E-state index contributed by atoms with van der Waals surface area (Å²) in [6.45, 7) is 4.95. The van der Waals surface area contributed by atoms with Crippen LogP contribution in [0.15, 0.2) is 41.1 Å². The summed E-state index contributed by atoms with van der Waals surface area (Å²) in [7, 11) is 0. The van der Waals surface area contributed by atoms with Gasteiger partial charge in [-0.25, -0.2) is 4.68 Å². The lowest BCUT2D eigenvalue weighted by Crippen LogP contribution is -2.39. The molecule has 2 atom stereocenters. The second kappa shape index (κ2) is 7.79. The van der Waals surface area contributed by atoms with Crippen LogP contribution in [0.3, 0.4) is 0 Å². The zero-order valence-electron chi connectivity index (χ0n) is 15.9. The van der Waals surface area contributed by atoms with Gasteiger partial charge in [0.1, 0.15) is 5.75 Å². The molecule has 4 rings (SSSR count). The number of ether oxygens (including phenoxy) is 1. The summed E-state index contributed by atoms with van der Waals surface area (Å²) in [6.07, 6.45) is 2.74. The van der Waals surface area contributed by atoms with E-state index in [1.54, 1.807) is 17.8 Å². The molecule has 0 radical (unpaired) electrons. The van der Waals surface area contributed by atoms with Crippen LogP contribution in [0.2, 0.25) is 0 Å². The summed E-state index contributed by atoms with van der Waals surface area (Å²) in [6, 6.07) is 9.42. The minimum Gasteiger partial charge on any atom is -0.481 e. The average Bonchev–Trinajstić information content (AvgIpc) is 3.47. The molecule has 9 heteroatoms. The first kappa shape index (κ1) is 18.1. The Morgan fingerprint density at radius 3 is 2.93 bits per heavy atom. The maximum atomic E-state index is 12.7. The van der Waals surface area contributed by atoms with E-state index in [1.165, 1.54) is 0 Å². The highest BCUT2D eigenvalue weighted by molar-refractivity contribution is 5.81. The highest BCUT2D eigenvalue weighted by atomic mass is 16.5. The number of para-hydroxylation sites is 1. The number of likely N-dealkylation sites (tertiary alicyclic amines) is 1. The van der Waals surface area contributed by atoms with Crippen LogP contribution in [0.5, 0.6) is 5.75 Å². The molecule has 146 valence electrons. The van der Waals surface area contributed by atoms with Gasteiger partial charge in [-0.1, -0.05) is 35.5 Å². The second-order valence-corrected chi connectivity index (χ2v) is 6.75. The van der Waals surface area contributed by atoms with E-state index in [-0.39, 0.29) is 11.9 Å². The number of hydrogen-bond donors (Lipinski definition) is 0. The maximum Gasteiger partial charge on any atom is 0.280 e. The quantitative estimate of drug-likeness (QED) is 0.644. The maximum absolute atomic E-state index is 12.7. The zero-order chi connectivity index (χ0) is 19.5. The van der Waals surface area contributed by atoms with Crippen molar-refractivity contribution in [2.45, 2.75) is 38.8 Å². The molecule has 1 aliphatic rings. The van der Waals surface area contributed by atoms with Gasteiger partial charge in [-0.05, 0) is 25.5 Å². The molecule has 1 aromatic carbocycles. The normalized spacial score (nSPS) is 17.6. The number of carbonyl (C=O) groups is 1. The summed E-state index contributed by atoms with van der Waals surface area (Å²) in [5.74, 6) is 1.65. The van der Waals surface area contributed by atoms with Gasteiger partial charge >= 0.3 is 0 Å². The smallest absolute Gasteiger partial charge is 0.280 e. The Balaban J connectivity index is 1.38. The zero-order valence-corrected chi connectivity index (χ0v) is 15.9. The van der Waals surface area contributed by atoms with E-state index in [4.69, 9.17) is 9.26 Å². The number of aryl methyl sites for hydroxylation is 1. The molecule has 1 saturated heterocycles. The fraction of sp³-hybridized carbons (Fsp3) is 0.421. The molecule has 0 bridgehead atoms. The number of amides is 1. The molecule has 3 heterocycles. The molecule has 0 unspecified atom stereocenters. The van der Waals surface area contributed by atoms with Crippen molar-refractivity contribution in [3.8, 4) is 17.3 Å². The number of rotatable bonds is 6. The van der Waals surface area contributed by atoms with Gasteiger partial charge in [-0.2, -0.15) is 4.98 Å². The third-order valence-corrected chi connectivity index (χ3v) is 4.77. The van der Waals surface area contributed by atoms with Crippen LogP contribution < -0.4 is 4.74 Å². The number of benzene rings is 1. The minimum atomic E-state index is -0.543. The molecule has 2 aromatic heterocycles. The van der Waals surface area contributed by atoms with E-state index in [2.05, 4.69) is 20.5 Å². The van der Waals surface area contributed by atoms with Crippen molar-refractivity contribution in [2.75, 3.05) is 13.1 Å². The molecule has 0 N–H and O–H groups in total. The first-order valence-electron chi connectivity index (χ1n) is 9.39. The van der Waals surface area contributed by atoms with E-state index in [9.17, 15) is 4.79 Å². The second-order valence-electron chi connectivity index (χ2n) is 6.75. The lowest BCUT2D eigenvalue weighted by Gasteiger charge is -2.21. The van der Waals surface area contributed by atoms with Gasteiger partial charge in [0, 0.05) is 19.5 Å². The topological polar surface area (TPSA) is 99.2 Å². The van der Waals surface area contributed by atoms with E-state index < -0.39 is 6.10 Å². The third-order valence-electron chi connectivity index (χ3n) is 4.77. The largest absolute Gasteiger partial charge is 0.481 e. The number of nitrogens with zero attached hydrogens (tertiary/aromatic N) is 6. The fourth-order valence-corrected chi connectivity index (χ4v) is 3.22. The third kappa shape index (κ3) is 3.73. The summed E-state index contributed by atoms with van der Waals surface area (Å²) in [4.78, 5) is 18.8. The molecule has 0 saturated carbocycles. The highest BCUT2D eigenvalue weighted by Gasteiger charge is 2.31. The van der Waals surface area contributed by atoms with Crippen LogP contribution in [-0.2, 0) is 11.2 Å². The highest BCUT2D eigenvalue weighted by Crippen LogP contribution is 2.24. The van der Waals surface area contributed by atoms with Crippen molar-refractivity contribution in [3.05, 3.63) is 42.4 Å². The SMILES string of the molecule is CCc1noc(-c2cn([C@@H]3CCN(C(=O)[C@@H](C)Oc4ccccc4)C3)nn2)n1. The summed E-state index contributed by atoms with van der Waals surface area (Å²) in [5, 5.41) is 12.2.